The Kier molecular flexibility index (Phi) is 6.37. The Morgan fingerprint density at radius 1 is 1.20 bits per heavy atom. The Hall–Kier alpha value is -2.98. The van der Waals surface area contributed by atoms with Crippen molar-refractivity contribution in [3.63, 3.8) is 0 Å². The molecule has 3 N–H and O–H groups in total. The fourth-order valence-corrected chi connectivity index (χ4v) is 4.36. The van der Waals surface area contributed by atoms with Crippen LogP contribution in [-0.2, 0) is 23.1 Å². The number of nitrogens with one attached hydrogen (secondary N) is 3. The van der Waals surface area contributed by atoms with Crippen molar-refractivity contribution in [2.45, 2.75) is 38.8 Å². The molecule has 158 valence electrons. The number of carbonyl (C=O) groups is 1. The van der Waals surface area contributed by atoms with Gasteiger partial charge in [0.2, 0.25) is 0 Å². The molecule has 3 aromatic rings. The molecular weight excluding hydrogens is 422 g/mol. The fourth-order valence-electron chi connectivity index (χ4n) is 3.00. The summed E-state index contributed by atoms with van der Waals surface area (Å²) in [5.74, 6) is 0.204. The summed E-state index contributed by atoms with van der Waals surface area (Å²) in [7, 11) is -3.84. The van der Waals surface area contributed by atoms with Crippen molar-refractivity contribution >= 4 is 33.8 Å². The average molecular weight is 446 g/mol. The molecule has 30 heavy (non-hydrogen) atoms. The van der Waals surface area contributed by atoms with Crippen molar-refractivity contribution < 1.29 is 13.2 Å². The van der Waals surface area contributed by atoms with Crippen molar-refractivity contribution in [1.29, 1.82) is 0 Å². The van der Waals surface area contributed by atoms with Gasteiger partial charge in [0, 0.05) is 17.8 Å². The highest BCUT2D eigenvalue weighted by Gasteiger charge is 2.19. The zero-order chi connectivity index (χ0) is 21.9. The van der Waals surface area contributed by atoms with Gasteiger partial charge >= 0.3 is 0 Å². The number of anilines is 1. The van der Waals surface area contributed by atoms with E-state index in [1.165, 1.54) is 12.1 Å². The smallest absolute Gasteiger partial charge is 0.261 e. The van der Waals surface area contributed by atoms with Crippen LogP contribution in [0.15, 0.2) is 47.4 Å². The normalized spacial score (nSPS) is 11.3. The second-order valence-corrected chi connectivity index (χ2v) is 8.89. The molecule has 0 spiro atoms. The van der Waals surface area contributed by atoms with E-state index < -0.39 is 15.9 Å². The van der Waals surface area contributed by atoms with Crippen molar-refractivity contribution in [2.24, 2.45) is 0 Å². The van der Waals surface area contributed by atoms with Crippen LogP contribution in [0.5, 0.6) is 0 Å². The van der Waals surface area contributed by atoms with Crippen LogP contribution in [0.4, 0.5) is 5.69 Å². The lowest BCUT2D eigenvalue weighted by atomic mass is 10.1. The summed E-state index contributed by atoms with van der Waals surface area (Å²) in [4.78, 5) is 12.7. The summed E-state index contributed by atoms with van der Waals surface area (Å²) in [5, 5.41) is 9.58. The predicted molar refractivity (Wildman–Crippen MR) is 117 cm³/mol. The minimum atomic E-state index is -3.84. The molecule has 1 aromatic heterocycles. The number of sulfonamides is 1. The van der Waals surface area contributed by atoms with Gasteiger partial charge in [-0.1, -0.05) is 18.2 Å². The minimum absolute atomic E-state index is 0.0102. The van der Waals surface area contributed by atoms with Gasteiger partial charge in [0.1, 0.15) is 0 Å². The topological polar surface area (TPSA) is 109 Å². The van der Waals surface area contributed by atoms with Crippen LogP contribution in [0.2, 0.25) is 0 Å². The maximum absolute atomic E-state index is 12.8. The monoisotopic (exact) mass is 445 g/mol. The number of carbonyl (C=O) groups excluding carboxylic acids is 1. The van der Waals surface area contributed by atoms with Gasteiger partial charge in [0.15, 0.2) is 10.6 Å². The van der Waals surface area contributed by atoms with Crippen molar-refractivity contribution in [2.75, 3.05) is 4.72 Å². The maximum atomic E-state index is 12.8. The molecule has 0 saturated carbocycles. The van der Waals surface area contributed by atoms with Gasteiger partial charge in [-0.05, 0) is 68.4 Å². The van der Waals surface area contributed by atoms with Crippen LogP contribution in [-0.4, -0.2) is 29.1 Å². The number of hydrogen-bond donors (Lipinski definition) is 3. The number of H-pyrrole nitrogens is 1. The molecule has 0 aliphatic rings. The van der Waals surface area contributed by atoms with Gasteiger partial charge in [-0.3, -0.25) is 14.6 Å². The highest BCUT2D eigenvalue weighted by Crippen LogP contribution is 2.20. The predicted octanol–water partition coefficient (Wildman–Crippen LogP) is 3.31. The van der Waals surface area contributed by atoms with Crippen LogP contribution >= 0.6 is 12.2 Å². The zero-order valence-corrected chi connectivity index (χ0v) is 18.5. The molecule has 8 nitrogen and oxygen atoms in total. The highest BCUT2D eigenvalue weighted by molar-refractivity contribution is 7.92. The van der Waals surface area contributed by atoms with E-state index in [0.29, 0.717) is 28.4 Å². The highest BCUT2D eigenvalue weighted by atomic mass is 32.2. The van der Waals surface area contributed by atoms with Crippen LogP contribution in [0.1, 0.15) is 34.2 Å². The summed E-state index contributed by atoms with van der Waals surface area (Å²) >= 11 is 5.14. The minimum Gasteiger partial charge on any atom is -0.345 e. The number of amides is 1. The molecule has 0 fully saturated rings. The molecule has 1 amide bonds. The summed E-state index contributed by atoms with van der Waals surface area (Å²) in [6.07, 6.45) is 0. The number of aromatic nitrogens is 3. The van der Waals surface area contributed by atoms with Crippen molar-refractivity contribution in [3.05, 3.63) is 69.8 Å². The van der Waals surface area contributed by atoms with E-state index in [-0.39, 0.29) is 17.0 Å². The molecule has 3 rings (SSSR count). The third-order valence-electron chi connectivity index (χ3n) is 4.59. The molecule has 0 radical (unpaired) electrons. The molecule has 0 aliphatic carbocycles. The lowest BCUT2D eigenvalue weighted by Gasteiger charge is -2.12. The molecule has 1 heterocycles. The van der Waals surface area contributed by atoms with Crippen molar-refractivity contribution in [1.82, 2.24) is 20.1 Å². The SMILES string of the molecule is CCn1c(CNC(=O)c2cc(S(=O)(=O)Nc3cccc(C)c3)ccc2C)n[nH]c1=S. The zero-order valence-electron chi connectivity index (χ0n) is 16.9. The third-order valence-corrected chi connectivity index (χ3v) is 6.29. The largest absolute Gasteiger partial charge is 0.345 e. The Bertz CT molecular complexity index is 1250. The van der Waals surface area contributed by atoms with Gasteiger partial charge in [-0.25, -0.2) is 8.42 Å². The number of rotatable bonds is 7. The number of nitrogens with zero attached hydrogens (tertiary/aromatic N) is 2. The Balaban J connectivity index is 1.81. The number of aryl methyl sites for hydroxylation is 2. The van der Waals surface area contributed by atoms with E-state index in [1.807, 2.05) is 19.9 Å². The molecule has 10 heteroatoms. The molecule has 0 aliphatic heterocycles. The first-order valence-electron chi connectivity index (χ1n) is 9.33. The number of aromatic amines is 1. The first-order chi connectivity index (χ1) is 14.2. The van der Waals surface area contributed by atoms with Crippen molar-refractivity contribution in [3.8, 4) is 0 Å². The van der Waals surface area contributed by atoms with Gasteiger partial charge in [0.25, 0.3) is 15.9 Å². The first kappa shape index (κ1) is 21.7. The summed E-state index contributed by atoms with van der Waals surface area (Å²) in [6, 6.07) is 11.5. The fraction of sp³-hybridized carbons (Fsp3) is 0.250. The third kappa shape index (κ3) is 4.77. The maximum Gasteiger partial charge on any atom is 0.261 e. The van der Waals surface area contributed by atoms with Crippen LogP contribution in [0.25, 0.3) is 0 Å². The van der Waals surface area contributed by atoms with Crippen LogP contribution in [0.3, 0.4) is 0 Å². The van der Waals surface area contributed by atoms with Gasteiger partial charge in [-0.15, -0.1) is 0 Å². The Labute approximate surface area is 180 Å². The van der Waals surface area contributed by atoms with Crippen LogP contribution < -0.4 is 10.0 Å². The summed E-state index contributed by atoms with van der Waals surface area (Å²) in [5.41, 5.74) is 2.34. The van der Waals surface area contributed by atoms with E-state index in [4.69, 9.17) is 12.2 Å². The van der Waals surface area contributed by atoms with Gasteiger partial charge in [0.05, 0.1) is 11.4 Å². The number of benzene rings is 2. The summed E-state index contributed by atoms with van der Waals surface area (Å²) < 4.78 is 30.4. The van der Waals surface area contributed by atoms with Crippen LogP contribution in [0, 0.1) is 18.6 Å². The van der Waals surface area contributed by atoms with E-state index in [9.17, 15) is 13.2 Å². The second kappa shape index (κ2) is 8.80. The first-order valence-corrected chi connectivity index (χ1v) is 11.2. The quantitative estimate of drug-likeness (QED) is 0.484. The molecule has 2 aromatic carbocycles. The second-order valence-electron chi connectivity index (χ2n) is 6.82. The van der Waals surface area contributed by atoms with E-state index in [1.54, 1.807) is 35.8 Å². The lowest BCUT2D eigenvalue weighted by molar-refractivity contribution is 0.0948. The Morgan fingerprint density at radius 3 is 2.67 bits per heavy atom. The molecular formula is C20H23N5O3S2. The standard InChI is InChI=1S/C20H23N5O3S2/c1-4-25-18(22-23-20(25)29)12-21-19(26)17-11-16(9-8-14(17)3)30(27,28)24-15-7-5-6-13(2)10-15/h5-11,24H,4,12H2,1-3H3,(H,21,26)(H,23,29). The summed E-state index contributed by atoms with van der Waals surface area (Å²) in [6.45, 7) is 6.34. The van der Waals surface area contributed by atoms with Gasteiger partial charge < -0.3 is 9.88 Å². The molecule has 0 atom stereocenters. The van der Waals surface area contributed by atoms with Gasteiger partial charge in [-0.2, -0.15) is 5.10 Å². The molecule has 0 unspecified atom stereocenters. The average Bonchev–Trinajstić information content (AvgIpc) is 3.05. The van der Waals surface area contributed by atoms with E-state index in [2.05, 4.69) is 20.2 Å². The van der Waals surface area contributed by atoms with E-state index in [0.717, 1.165) is 5.56 Å². The van der Waals surface area contributed by atoms with E-state index >= 15 is 0 Å². The lowest BCUT2D eigenvalue weighted by Crippen LogP contribution is -2.26. The molecule has 0 bridgehead atoms. The Morgan fingerprint density at radius 2 is 1.97 bits per heavy atom. The number of hydrogen-bond acceptors (Lipinski definition) is 5. The molecule has 0 saturated heterocycles.